The lowest BCUT2D eigenvalue weighted by atomic mass is 10.2. The van der Waals surface area contributed by atoms with E-state index in [0.29, 0.717) is 11.3 Å². The van der Waals surface area contributed by atoms with Gasteiger partial charge in [0.15, 0.2) is 0 Å². The molecule has 6 heteroatoms. The largest absolute Gasteiger partial charge is 0.329 e. The number of carbonyl (C=O) groups excluding carboxylic acids is 1. The molecule has 0 bridgehead atoms. The molecule has 0 radical (unpaired) electrons. The van der Waals surface area contributed by atoms with Crippen LogP contribution in [0.25, 0.3) is 5.69 Å². The smallest absolute Gasteiger partial charge is 0.255 e. The fraction of sp³-hybridized carbons (Fsp3) is 0. The fourth-order valence-electron chi connectivity index (χ4n) is 1.95. The Morgan fingerprint density at radius 1 is 1.24 bits per heavy atom. The van der Waals surface area contributed by atoms with Crippen LogP contribution in [0.4, 0.5) is 5.69 Å². The minimum absolute atomic E-state index is 0.310. The molecule has 104 valence electrons. The van der Waals surface area contributed by atoms with Crippen LogP contribution in [0.2, 0.25) is 0 Å². The second kappa shape index (κ2) is 5.46. The van der Waals surface area contributed by atoms with Gasteiger partial charge in [-0.05, 0) is 24.3 Å². The number of carbonyl (C=O) groups is 1. The predicted octanol–water partition coefficient (Wildman–Crippen LogP) is 1.81. The van der Waals surface area contributed by atoms with Gasteiger partial charge in [0.1, 0.15) is 0 Å². The second-order valence-electron chi connectivity index (χ2n) is 4.42. The SMILES string of the molecule is O=C(Nc1cccc(-n2ccnc2)c1)c1cc[nH]c(=O)c1. The van der Waals surface area contributed by atoms with Gasteiger partial charge in [-0.1, -0.05) is 6.07 Å². The molecule has 0 spiro atoms. The zero-order valence-corrected chi connectivity index (χ0v) is 11.0. The summed E-state index contributed by atoms with van der Waals surface area (Å²) in [7, 11) is 0. The molecule has 6 nitrogen and oxygen atoms in total. The number of aromatic amines is 1. The summed E-state index contributed by atoms with van der Waals surface area (Å²) in [5.74, 6) is -0.330. The number of aromatic nitrogens is 3. The number of hydrogen-bond acceptors (Lipinski definition) is 3. The van der Waals surface area contributed by atoms with Gasteiger partial charge in [-0.15, -0.1) is 0 Å². The zero-order chi connectivity index (χ0) is 14.7. The van der Waals surface area contributed by atoms with Crippen molar-refractivity contribution < 1.29 is 4.79 Å². The first-order chi connectivity index (χ1) is 10.2. The molecule has 0 atom stereocenters. The Bertz CT molecular complexity index is 821. The first-order valence-corrected chi connectivity index (χ1v) is 6.31. The number of benzene rings is 1. The second-order valence-corrected chi connectivity index (χ2v) is 4.42. The molecular formula is C15H12N4O2. The average molecular weight is 280 g/mol. The Balaban J connectivity index is 1.84. The summed E-state index contributed by atoms with van der Waals surface area (Å²) in [5, 5.41) is 2.76. The topological polar surface area (TPSA) is 79.8 Å². The van der Waals surface area contributed by atoms with Gasteiger partial charge in [-0.25, -0.2) is 4.98 Å². The highest BCUT2D eigenvalue weighted by molar-refractivity contribution is 6.04. The van der Waals surface area contributed by atoms with Crippen molar-refractivity contribution in [2.45, 2.75) is 0 Å². The first-order valence-electron chi connectivity index (χ1n) is 6.31. The monoisotopic (exact) mass is 280 g/mol. The van der Waals surface area contributed by atoms with Gasteiger partial charge >= 0.3 is 0 Å². The molecule has 2 heterocycles. The standard InChI is InChI=1S/C15H12N4O2/c20-14-8-11(4-5-17-14)15(21)18-12-2-1-3-13(9-12)19-7-6-16-10-19/h1-10H,(H,17,20)(H,18,21). The number of pyridine rings is 1. The van der Waals surface area contributed by atoms with E-state index in [2.05, 4.69) is 15.3 Å². The summed E-state index contributed by atoms with van der Waals surface area (Å²) in [4.78, 5) is 29.7. The van der Waals surface area contributed by atoms with Crippen LogP contribution in [0.1, 0.15) is 10.4 Å². The van der Waals surface area contributed by atoms with Crippen molar-refractivity contribution in [3.05, 3.63) is 77.2 Å². The van der Waals surface area contributed by atoms with Crippen molar-refractivity contribution in [3.8, 4) is 5.69 Å². The maximum absolute atomic E-state index is 12.1. The number of nitrogens with one attached hydrogen (secondary N) is 2. The maximum Gasteiger partial charge on any atom is 0.255 e. The number of imidazole rings is 1. The van der Waals surface area contributed by atoms with Gasteiger partial charge in [-0.2, -0.15) is 0 Å². The number of rotatable bonds is 3. The molecule has 0 aliphatic heterocycles. The summed E-state index contributed by atoms with van der Waals surface area (Å²) in [5.41, 5.74) is 1.53. The molecule has 3 aromatic rings. The molecule has 2 aromatic heterocycles. The average Bonchev–Trinajstić information content (AvgIpc) is 3.02. The van der Waals surface area contributed by atoms with Crippen molar-refractivity contribution in [1.29, 1.82) is 0 Å². The third-order valence-electron chi connectivity index (χ3n) is 2.94. The van der Waals surface area contributed by atoms with Gasteiger partial charge in [0.05, 0.1) is 6.33 Å². The molecule has 1 amide bonds. The van der Waals surface area contributed by atoms with E-state index in [0.717, 1.165) is 5.69 Å². The number of H-pyrrole nitrogens is 1. The number of nitrogens with zero attached hydrogens (tertiary/aromatic N) is 2. The van der Waals surface area contributed by atoms with Crippen LogP contribution in [0.5, 0.6) is 0 Å². The highest BCUT2D eigenvalue weighted by atomic mass is 16.2. The number of hydrogen-bond donors (Lipinski definition) is 2. The Morgan fingerprint density at radius 3 is 2.90 bits per heavy atom. The van der Waals surface area contributed by atoms with Crippen LogP contribution in [0.3, 0.4) is 0 Å². The lowest BCUT2D eigenvalue weighted by molar-refractivity contribution is 0.102. The molecule has 1 aromatic carbocycles. The maximum atomic E-state index is 12.1. The molecule has 0 aliphatic carbocycles. The molecule has 0 fully saturated rings. The van der Waals surface area contributed by atoms with Gasteiger partial charge < -0.3 is 14.9 Å². The van der Waals surface area contributed by atoms with Crippen molar-refractivity contribution in [2.24, 2.45) is 0 Å². The molecule has 0 unspecified atom stereocenters. The lowest BCUT2D eigenvalue weighted by Gasteiger charge is -2.07. The number of amides is 1. The molecule has 21 heavy (non-hydrogen) atoms. The Morgan fingerprint density at radius 2 is 2.14 bits per heavy atom. The van der Waals surface area contributed by atoms with Gasteiger partial charge in [0.25, 0.3) is 5.91 Å². The third-order valence-corrected chi connectivity index (χ3v) is 2.94. The van der Waals surface area contributed by atoms with E-state index in [-0.39, 0.29) is 11.5 Å². The van der Waals surface area contributed by atoms with E-state index >= 15 is 0 Å². The summed E-state index contributed by atoms with van der Waals surface area (Å²) in [6.07, 6.45) is 6.62. The third kappa shape index (κ3) is 2.89. The van der Waals surface area contributed by atoms with Crippen LogP contribution in [-0.2, 0) is 0 Å². The lowest BCUT2D eigenvalue weighted by Crippen LogP contribution is -2.15. The summed E-state index contributed by atoms with van der Waals surface area (Å²) >= 11 is 0. The summed E-state index contributed by atoms with van der Waals surface area (Å²) in [6.45, 7) is 0. The van der Waals surface area contributed by atoms with Crippen molar-refractivity contribution in [1.82, 2.24) is 14.5 Å². The van der Waals surface area contributed by atoms with Crippen LogP contribution in [0.15, 0.2) is 66.1 Å². The van der Waals surface area contributed by atoms with Gasteiger partial charge in [0.2, 0.25) is 5.56 Å². The molecule has 3 rings (SSSR count). The highest BCUT2D eigenvalue weighted by Crippen LogP contribution is 2.15. The van der Waals surface area contributed by atoms with Crippen LogP contribution in [0, 0.1) is 0 Å². The van der Waals surface area contributed by atoms with E-state index in [1.807, 2.05) is 29.0 Å². The van der Waals surface area contributed by atoms with E-state index in [9.17, 15) is 9.59 Å². The van der Waals surface area contributed by atoms with Crippen molar-refractivity contribution in [2.75, 3.05) is 5.32 Å². The van der Waals surface area contributed by atoms with E-state index in [1.165, 1.54) is 12.3 Å². The van der Waals surface area contributed by atoms with Crippen LogP contribution in [-0.4, -0.2) is 20.4 Å². The molecule has 0 aliphatic rings. The van der Waals surface area contributed by atoms with Crippen molar-refractivity contribution >= 4 is 11.6 Å². The Labute approximate surface area is 120 Å². The normalized spacial score (nSPS) is 10.3. The highest BCUT2D eigenvalue weighted by Gasteiger charge is 2.07. The van der Waals surface area contributed by atoms with E-state index < -0.39 is 0 Å². The minimum atomic E-state index is -0.330. The molecule has 2 N–H and O–H groups in total. The summed E-state index contributed by atoms with van der Waals surface area (Å²) < 4.78 is 1.84. The van der Waals surface area contributed by atoms with E-state index in [1.54, 1.807) is 24.7 Å². The van der Waals surface area contributed by atoms with E-state index in [4.69, 9.17) is 0 Å². The predicted molar refractivity (Wildman–Crippen MR) is 78.6 cm³/mol. The zero-order valence-electron chi connectivity index (χ0n) is 11.0. The quantitative estimate of drug-likeness (QED) is 0.768. The fourth-order valence-corrected chi connectivity index (χ4v) is 1.95. The number of anilines is 1. The van der Waals surface area contributed by atoms with Gasteiger partial charge in [-0.3, -0.25) is 9.59 Å². The van der Waals surface area contributed by atoms with Crippen LogP contribution >= 0.6 is 0 Å². The molecular weight excluding hydrogens is 268 g/mol. The first kappa shape index (κ1) is 12.9. The van der Waals surface area contributed by atoms with Crippen molar-refractivity contribution in [3.63, 3.8) is 0 Å². The Hall–Kier alpha value is -3.15. The van der Waals surface area contributed by atoms with Gasteiger partial charge in [0, 0.05) is 41.6 Å². The van der Waals surface area contributed by atoms with Crippen LogP contribution < -0.4 is 10.9 Å². The summed E-state index contributed by atoms with van der Waals surface area (Å²) in [6, 6.07) is 10.2. The Kier molecular flexibility index (Phi) is 3.34. The molecule has 0 saturated heterocycles. The minimum Gasteiger partial charge on any atom is -0.329 e. The molecule has 0 saturated carbocycles.